The Bertz CT molecular complexity index is 1190. The van der Waals surface area contributed by atoms with Gasteiger partial charge in [0.05, 0.1) is 16.4 Å². The molecule has 7 nitrogen and oxygen atoms in total. The Labute approximate surface area is 158 Å². The number of nitrogens with one attached hydrogen (secondary N) is 2. The summed E-state index contributed by atoms with van der Waals surface area (Å²) < 4.78 is 1.80. The van der Waals surface area contributed by atoms with Crippen molar-refractivity contribution in [2.45, 2.75) is 12.0 Å². The first-order chi connectivity index (χ1) is 13.3. The molecule has 3 aliphatic rings. The average Bonchev–Trinajstić information content (AvgIpc) is 3.37. The van der Waals surface area contributed by atoms with Crippen molar-refractivity contribution in [1.29, 1.82) is 0 Å². The third kappa shape index (κ3) is 2.03. The molecular weight excluding hydrogens is 340 g/mol. The summed E-state index contributed by atoms with van der Waals surface area (Å²) in [6, 6.07) is 1.95. The van der Waals surface area contributed by atoms with Crippen molar-refractivity contribution >= 4 is 27.6 Å². The van der Waals surface area contributed by atoms with Crippen LogP contribution in [-0.4, -0.2) is 45.9 Å². The van der Waals surface area contributed by atoms with E-state index in [0.29, 0.717) is 11.3 Å². The fourth-order valence-corrected chi connectivity index (χ4v) is 4.55. The van der Waals surface area contributed by atoms with E-state index in [1.807, 2.05) is 18.3 Å². The van der Waals surface area contributed by atoms with Gasteiger partial charge in [-0.05, 0) is 12.5 Å². The number of allylic oxidation sites excluding steroid dienone is 4. The van der Waals surface area contributed by atoms with Crippen LogP contribution >= 0.6 is 0 Å². The summed E-state index contributed by atoms with van der Waals surface area (Å²) in [7, 11) is 0. The highest BCUT2D eigenvalue weighted by Gasteiger charge is 2.54. The fourth-order valence-electron chi connectivity index (χ4n) is 4.55. The molecule has 0 spiro atoms. The maximum absolute atomic E-state index is 13.1. The Balaban J connectivity index is 0.00000102. The van der Waals surface area contributed by atoms with Gasteiger partial charge in [0.1, 0.15) is 5.52 Å². The molecule has 0 aromatic carbocycles. The zero-order valence-corrected chi connectivity index (χ0v) is 14.9. The summed E-state index contributed by atoms with van der Waals surface area (Å²) in [5, 5.41) is 8.37. The smallest absolute Gasteiger partial charge is 0.276 e. The van der Waals surface area contributed by atoms with Crippen molar-refractivity contribution < 1.29 is 2.85 Å². The lowest BCUT2D eigenvalue weighted by Crippen LogP contribution is -2.44. The molecule has 1 aliphatic heterocycles. The summed E-state index contributed by atoms with van der Waals surface area (Å²) in [4.78, 5) is 24.6. The van der Waals surface area contributed by atoms with Crippen LogP contribution in [0.3, 0.4) is 0 Å². The van der Waals surface area contributed by atoms with Crippen molar-refractivity contribution in [3.05, 3.63) is 53.1 Å². The van der Waals surface area contributed by atoms with Crippen LogP contribution in [0.15, 0.2) is 47.6 Å². The first-order valence-corrected chi connectivity index (χ1v) is 9.48. The van der Waals surface area contributed by atoms with E-state index in [0.717, 1.165) is 54.8 Å². The van der Waals surface area contributed by atoms with Crippen LogP contribution in [-0.2, 0) is 5.54 Å². The van der Waals surface area contributed by atoms with E-state index in [-0.39, 0.29) is 14.0 Å². The normalized spacial score (nSPS) is 26.7. The molecule has 1 saturated heterocycles. The lowest BCUT2D eigenvalue weighted by molar-refractivity contribution is 0.489. The van der Waals surface area contributed by atoms with E-state index in [2.05, 4.69) is 43.5 Å². The topological polar surface area (TPSA) is 78.8 Å². The van der Waals surface area contributed by atoms with Crippen LogP contribution < -0.4 is 15.8 Å². The van der Waals surface area contributed by atoms with Gasteiger partial charge >= 0.3 is 0 Å². The monoisotopic (exact) mass is 364 g/mol. The van der Waals surface area contributed by atoms with Gasteiger partial charge in [0.15, 0.2) is 5.82 Å². The van der Waals surface area contributed by atoms with Gasteiger partial charge in [-0.15, -0.1) is 0 Å². The molecule has 140 valence electrons. The number of aromatic amines is 1. The van der Waals surface area contributed by atoms with E-state index < -0.39 is 0 Å². The van der Waals surface area contributed by atoms with Crippen LogP contribution in [0.5, 0.6) is 0 Å². The van der Waals surface area contributed by atoms with E-state index in [1.165, 1.54) is 0 Å². The minimum absolute atomic E-state index is 0. The van der Waals surface area contributed by atoms with Gasteiger partial charge in [-0.2, -0.15) is 0 Å². The van der Waals surface area contributed by atoms with Crippen LogP contribution in [0.2, 0.25) is 0 Å². The molecule has 6 rings (SSSR count). The predicted molar refractivity (Wildman–Crippen MR) is 109 cm³/mol. The molecule has 2 atom stereocenters. The summed E-state index contributed by atoms with van der Waals surface area (Å²) >= 11 is 0. The number of pyridine rings is 2. The molecule has 1 saturated carbocycles. The minimum atomic E-state index is -0.231. The van der Waals surface area contributed by atoms with Gasteiger partial charge in [0.25, 0.3) is 5.56 Å². The highest BCUT2D eigenvalue weighted by molar-refractivity contribution is 6.06. The summed E-state index contributed by atoms with van der Waals surface area (Å²) in [6.07, 6.45) is 12.9. The van der Waals surface area contributed by atoms with Crippen LogP contribution in [0.1, 0.15) is 9.27 Å². The SMILES string of the molecule is O=c1c2cnc3c(N4CCNCC4)nccc3c2[nH]n1C12C=CC=CC1C2.[HH].[HH]. The third-order valence-electron chi connectivity index (χ3n) is 6.12. The first kappa shape index (κ1) is 15.2. The third-order valence-corrected chi connectivity index (χ3v) is 6.12. The number of piperazine rings is 1. The second kappa shape index (κ2) is 5.29. The van der Waals surface area contributed by atoms with Gasteiger partial charge < -0.3 is 10.2 Å². The molecule has 7 heteroatoms. The molecule has 2 aliphatic carbocycles. The maximum Gasteiger partial charge on any atom is 0.276 e. The summed E-state index contributed by atoms with van der Waals surface area (Å²) in [5.74, 6) is 1.29. The number of hydrogen-bond acceptors (Lipinski definition) is 5. The molecule has 2 N–H and O–H groups in total. The van der Waals surface area contributed by atoms with Gasteiger partial charge in [-0.1, -0.05) is 24.3 Å². The molecular formula is C20H24N6O. The standard InChI is InChI=1S/C20H20N6O.2H2/c27-19-15-12-23-17-14(4-6-22-18(17)25-9-7-21-8-10-25)16(15)24-26(19)20-5-2-1-3-13(20)11-20;;/h1-6,12-13,21,24H,7-11H2;2*1H. The van der Waals surface area contributed by atoms with Crippen molar-refractivity contribution in [1.82, 2.24) is 25.1 Å². The Hall–Kier alpha value is -2.93. The number of hydrogen-bond donors (Lipinski definition) is 2. The Morgan fingerprint density at radius 3 is 2.93 bits per heavy atom. The average molecular weight is 364 g/mol. The Kier molecular flexibility index (Phi) is 2.97. The Morgan fingerprint density at radius 2 is 2.07 bits per heavy atom. The largest absolute Gasteiger partial charge is 0.352 e. The number of nitrogens with zero attached hydrogens (tertiary/aromatic N) is 4. The molecule has 0 bridgehead atoms. The van der Waals surface area contributed by atoms with Gasteiger partial charge in [0, 0.05) is 52.7 Å². The van der Waals surface area contributed by atoms with Crippen molar-refractivity contribution in [2.24, 2.45) is 5.92 Å². The number of anilines is 1. The van der Waals surface area contributed by atoms with Crippen molar-refractivity contribution in [3.8, 4) is 0 Å². The van der Waals surface area contributed by atoms with Gasteiger partial charge in [-0.25, -0.2) is 9.67 Å². The maximum atomic E-state index is 13.1. The first-order valence-electron chi connectivity index (χ1n) is 9.48. The molecule has 3 aromatic heterocycles. The lowest BCUT2D eigenvalue weighted by Gasteiger charge is -2.28. The van der Waals surface area contributed by atoms with Crippen LogP contribution in [0.25, 0.3) is 21.8 Å². The van der Waals surface area contributed by atoms with E-state index in [1.54, 1.807) is 10.9 Å². The number of H-pyrrole nitrogens is 1. The highest BCUT2D eigenvalue weighted by atomic mass is 16.1. The van der Waals surface area contributed by atoms with E-state index >= 15 is 0 Å². The predicted octanol–water partition coefficient (Wildman–Crippen LogP) is 2.02. The van der Waals surface area contributed by atoms with E-state index in [4.69, 9.17) is 0 Å². The van der Waals surface area contributed by atoms with Crippen molar-refractivity contribution in [3.63, 3.8) is 0 Å². The highest BCUT2D eigenvalue weighted by Crippen LogP contribution is 2.53. The van der Waals surface area contributed by atoms with Gasteiger partial charge in [-0.3, -0.25) is 14.9 Å². The van der Waals surface area contributed by atoms with Crippen LogP contribution in [0.4, 0.5) is 5.82 Å². The zero-order chi connectivity index (χ0) is 18.0. The van der Waals surface area contributed by atoms with Gasteiger partial charge in [0.2, 0.25) is 0 Å². The molecule has 0 amide bonds. The number of fused-ring (bicyclic) bond motifs is 4. The van der Waals surface area contributed by atoms with Crippen LogP contribution in [0, 0.1) is 5.92 Å². The second-order valence-corrected chi connectivity index (χ2v) is 7.61. The fraction of sp³-hybridized carbons (Fsp3) is 0.350. The van der Waals surface area contributed by atoms with E-state index in [9.17, 15) is 4.79 Å². The van der Waals surface area contributed by atoms with Crippen molar-refractivity contribution in [2.75, 3.05) is 31.1 Å². The zero-order valence-electron chi connectivity index (χ0n) is 14.9. The molecule has 2 unspecified atom stereocenters. The number of rotatable bonds is 2. The number of aromatic nitrogens is 4. The quantitative estimate of drug-likeness (QED) is 0.727. The summed E-state index contributed by atoms with van der Waals surface area (Å²) in [5.41, 5.74) is 1.48. The molecule has 3 aromatic rings. The Morgan fingerprint density at radius 1 is 1.19 bits per heavy atom. The minimum Gasteiger partial charge on any atom is -0.352 e. The summed E-state index contributed by atoms with van der Waals surface area (Å²) in [6.45, 7) is 3.70. The second-order valence-electron chi connectivity index (χ2n) is 7.61. The lowest BCUT2D eigenvalue weighted by atomic mass is 10.1. The molecule has 27 heavy (non-hydrogen) atoms. The molecule has 0 radical (unpaired) electrons. The molecule has 2 fully saturated rings. The molecule has 4 heterocycles.